The van der Waals surface area contributed by atoms with Crippen molar-refractivity contribution < 1.29 is 22.7 Å². The van der Waals surface area contributed by atoms with E-state index < -0.39 is 28.5 Å². The second-order valence-corrected chi connectivity index (χ2v) is 13.6. The van der Waals surface area contributed by atoms with Gasteiger partial charge in [0.05, 0.1) is 17.2 Å². The zero-order chi connectivity index (χ0) is 31.0. The molecular formula is C32H38ClN3O5S2. The van der Waals surface area contributed by atoms with Crippen molar-refractivity contribution in [3.63, 3.8) is 0 Å². The number of nitrogens with zero attached hydrogens (tertiary/aromatic N) is 2. The first-order valence-electron chi connectivity index (χ1n) is 14.4. The number of hydrogen-bond donors (Lipinski definition) is 1. The van der Waals surface area contributed by atoms with Crippen LogP contribution in [0.4, 0.5) is 5.69 Å². The summed E-state index contributed by atoms with van der Waals surface area (Å²) >= 11 is 7.59. The molecule has 0 unspecified atom stereocenters. The van der Waals surface area contributed by atoms with Crippen molar-refractivity contribution in [2.45, 2.75) is 68.0 Å². The topological polar surface area (TPSA) is 96.0 Å². The number of halogens is 1. The van der Waals surface area contributed by atoms with Gasteiger partial charge in [-0.15, -0.1) is 11.8 Å². The van der Waals surface area contributed by atoms with E-state index in [1.165, 1.54) is 28.8 Å². The van der Waals surface area contributed by atoms with Gasteiger partial charge in [0.1, 0.15) is 18.3 Å². The number of hydrogen-bond acceptors (Lipinski definition) is 6. The molecule has 3 aromatic carbocycles. The van der Waals surface area contributed by atoms with Crippen LogP contribution in [0.1, 0.15) is 45.1 Å². The van der Waals surface area contributed by atoms with Crippen LogP contribution in [-0.2, 0) is 26.2 Å². The van der Waals surface area contributed by atoms with Gasteiger partial charge in [0.2, 0.25) is 11.8 Å². The fourth-order valence-corrected chi connectivity index (χ4v) is 7.05. The minimum atomic E-state index is -4.21. The van der Waals surface area contributed by atoms with E-state index in [4.69, 9.17) is 16.3 Å². The molecule has 0 spiro atoms. The second kappa shape index (κ2) is 15.0. The number of thioether (sulfide) groups is 1. The first-order valence-corrected chi connectivity index (χ1v) is 17.4. The summed E-state index contributed by atoms with van der Waals surface area (Å²) in [5.41, 5.74) is 0.996. The standard InChI is InChI=1S/C32H38ClN3O5S2/c1-4-41-30-12-8-7-11-29(30)36(43(39,40)28-19-17-27(42-3)18-20-28)22-31(37)35(21-24-13-15-25(33)16-14-24)23(2)32(38)34-26-9-5-6-10-26/h7-8,11-20,23,26H,4-6,9-10,21-22H2,1-3H3,(H,34,38)/t23-/m1/s1. The second-order valence-electron chi connectivity index (χ2n) is 10.4. The third-order valence-electron chi connectivity index (χ3n) is 7.50. The quantitative estimate of drug-likeness (QED) is 0.225. The van der Waals surface area contributed by atoms with Gasteiger partial charge in [-0.25, -0.2) is 8.42 Å². The van der Waals surface area contributed by atoms with Crippen molar-refractivity contribution in [1.29, 1.82) is 0 Å². The van der Waals surface area contributed by atoms with E-state index in [0.29, 0.717) is 17.4 Å². The molecule has 0 saturated heterocycles. The number of carbonyl (C=O) groups is 2. The van der Waals surface area contributed by atoms with Crippen LogP contribution in [0.25, 0.3) is 0 Å². The minimum absolute atomic E-state index is 0.0423. The summed E-state index contributed by atoms with van der Waals surface area (Å²) in [6.45, 7) is 3.35. The molecule has 3 aromatic rings. The number of amides is 2. The van der Waals surface area contributed by atoms with E-state index >= 15 is 0 Å². The summed E-state index contributed by atoms with van der Waals surface area (Å²) < 4.78 is 35.2. The summed E-state index contributed by atoms with van der Waals surface area (Å²) in [6, 6.07) is 19.5. The molecule has 2 amide bonds. The Balaban J connectivity index is 1.72. The van der Waals surface area contributed by atoms with Crippen LogP contribution in [0.15, 0.2) is 82.6 Å². The molecule has 43 heavy (non-hydrogen) atoms. The van der Waals surface area contributed by atoms with Gasteiger partial charge in [0.15, 0.2) is 0 Å². The Morgan fingerprint density at radius 2 is 1.67 bits per heavy atom. The van der Waals surface area contributed by atoms with Crippen molar-refractivity contribution >= 4 is 50.9 Å². The molecule has 1 atom stereocenters. The number of carbonyl (C=O) groups excluding carboxylic acids is 2. The lowest BCUT2D eigenvalue weighted by atomic mass is 10.1. The van der Waals surface area contributed by atoms with Crippen molar-refractivity contribution in [3.8, 4) is 5.75 Å². The molecule has 1 aliphatic carbocycles. The smallest absolute Gasteiger partial charge is 0.264 e. The van der Waals surface area contributed by atoms with Crippen LogP contribution in [0.5, 0.6) is 5.75 Å². The van der Waals surface area contributed by atoms with Crippen LogP contribution in [0.3, 0.4) is 0 Å². The van der Waals surface area contributed by atoms with Crippen molar-refractivity contribution in [3.05, 3.63) is 83.4 Å². The lowest BCUT2D eigenvalue weighted by Gasteiger charge is -2.33. The molecule has 230 valence electrons. The maximum absolute atomic E-state index is 14.2. The predicted molar refractivity (Wildman–Crippen MR) is 172 cm³/mol. The van der Waals surface area contributed by atoms with Gasteiger partial charge in [-0.3, -0.25) is 13.9 Å². The number of rotatable bonds is 13. The fraction of sp³-hybridized carbons (Fsp3) is 0.375. The monoisotopic (exact) mass is 643 g/mol. The van der Waals surface area contributed by atoms with Gasteiger partial charge in [0.25, 0.3) is 10.0 Å². The van der Waals surface area contributed by atoms with Crippen molar-refractivity contribution in [1.82, 2.24) is 10.2 Å². The van der Waals surface area contributed by atoms with E-state index in [2.05, 4.69) is 5.32 Å². The molecular weight excluding hydrogens is 606 g/mol. The Labute approximate surface area is 263 Å². The normalized spacial score (nSPS) is 14.2. The summed E-state index contributed by atoms with van der Waals surface area (Å²) in [5, 5.41) is 3.63. The number of anilines is 1. The van der Waals surface area contributed by atoms with Gasteiger partial charge in [-0.1, -0.05) is 48.7 Å². The third-order valence-corrected chi connectivity index (χ3v) is 10.3. The van der Waals surface area contributed by atoms with E-state index in [0.717, 1.165) is 40.4 Å². The van der Waals surface area contributed by atoms with Gasteiger partial charge in [-0.05, 0) is 87.0 Å². The SMILES string of the molecule is CCOc1ccccc1N(CC(=O)N(Cc1ccc(Cl)cc1)[C@H](C)C(=O)NC1CCCC1)S(=O)(=O)c1ccc(SC)cc1. The summed E-state index contributed by atoms with van der Waals surface area (Å²) in [7, 11) is -4.21. The zero-order valence-corrected chi connectivity index (χ0v) is 27.1. The van der Waals surface area contributed by atoms with Crippen molar-refractivity contribution in [2.75, 3.05) is 23.7 Å². The molecule has 0 aliphatic heterocycles. The third kappa shape index (κ3) is 8.25. The van der Waals surface area contributed by atoms with Gasteiger partial charge in [-0.2, -0.15) is 0 Å². The predicted octanol–water partition coefficient (Wildman–Crippen LogP) is 6.13. The molecule has 1 N–H and O–H groups in total. The van der Waals surface area contributed by atoms with E-state index in [-0.39, 0.29) is 29.1 Å². The van der Waals surface area contributed by atoms with E-state index in [9.17, 15) is 18.0 Å². The highest BCUT2D eigenvalue weighted by molar-refractivity contribution is 7.98. The Morgan fingerprint density at radius 3 is 2.30 bits per heavy atom. The largest absolute Gasteiger partial charge is 0.492 e. The van der Waals surface area contributed by atoms with Crippen molar-refractivity contribution in [2.24, 2.45) is 0 Å². The molecule has 0 bridgehead atoms. The number of para-hydroxylation sites is 2. The Morgan fingerprint density at radius 1 is 1.02 bits per heavy atom. The van der Waals surface area contributed by atoms with Crippen LogP contribution in [-0.4, -0.2) is 56.6 Å². The minimum Gasteiger partial charge on any atom is -0.492 e. The van der Waals surface area contributed by atoms with Crippen LogP contribution < -0.4 is 14.4 Å². The van der Waals surface area contributed by atoms with Gasteiger partial charge in [0, 0.05) is 22.5 Å². The summed E-state index contributed by atoms with van der Waals surface area (Å²) in [6.07, 6.45) is 5.82. The molecule has 1 aliphatic rings. The summed E-state index contributed by atoms with van der Waals surface area (Å²) in [4.78, 5) is 30.0. The molecule has 11 heteroatoms. The lowest BCUT2D eigenvalue weighted by molar-refractivity contribution is -0.139. The van der Waals surface area contributed by atoms with Crippen LogP contribution >= 0.6 is 23.4 Å². The molecule has 1 fully saturated rings. The number of ether oxygens (including phenoxy) is 1. The highest BCUT2D eigenvalue weighted by Crippen LogP contribution is 2.33. The van der Waals surface area contributed by atoms with E-state index in [1.54, 1.807) is 74.5 Å². The Bertz CT molecular complexity index is 1490. The molecule has 4 rings (SSSR count). The molecule has 8 nitrogen and oxygen atoms in total. The highest BCUT2D eigenvalue weighted by atomic mass is 35.5. The molecule has 0 radical (unpaired) electrons. The maximum Gasteiger partial charge on any atom is 0.264 e. The Hall–Kier alpha value is -3.21. The highest BCUT2D eigenvalue weighted by Gasteiger charge is 2.34. The molecule has 1 saturated carbocycles. The average Bonchev–Trinajstić information content (AvgIpc) is 3.52. The lowest BCUT2D eigenvalue weighted by Crippen LogP contribution is -2.52. The Kier molecular flexibility index (Phi) is 11.4. The maximum atomic E-state index is 14.2. The summed E-state index contributed by atoms with van der Waals surface area (Å²) in [5.74, 6) is -0.469. The molecule has 0 aromatic heterocycles. The number of benzene rings is 3. The first kappa shape index (κ1) is 32.7. The zero-order valence-electron chi connectivity index (χ0n) is 24.7. The fourth-order valence-electron chi connectivity index (χ4n) is 5.09. The van der Waals surface area contributed by atoms with Gasteiger partial charge < -0.3 is 15.0 Å². The molecule has 0 heterocycles. The number of nitrogens with one attached hydrogen (secondary N) is 1. The van der Waals surface area contributed by atoms with Crippen LogP contribution in [0, 0.1) is 0 Å². The average molecular weight is 644 g/mol. The van der Waals surface area contributed by atoms with Gasteiger partial charge >= 0.3 is 0 Å². The van der Waals surface area contributed by atoms with E-state index in [1.807, 2.05) is 6.26 Å². The van der Waals surface area contributed by atoms with Crippen LogP contribution in [0.2, 0.25) is 5.02 Å². The number of sulfonamides is 1. The first-order chi connectivity index (χ1) is 20.6.